The molecule has 3 atom stereocenters. The molecule has 82 valence electrons. The highest BCUT2D eigenvalue weighted by molar-refractivity contribution is 4.92. The number of hydrogen-bond donors (Lipinski definition) is 2. The van der Waals surface area contributed by atoms with Crippen LogP contribution in [0.4, 0.5) is 0 Å². The average molecular weight is 199 g/mol. The molecule has 0 amide bonds. The van der Waals surface area contributed by atoms with E-state index in [2.05, 4.69) is 12.2 Å². The van der Waals surface area contributed by atoms with Gasteiger partial charge >= 0.3 is 0 Å². The van der Waals surface area contributed by atoms with Gasteiger partial charge in [0.2, 0.25) is 0 Å². The lowest BCUT2D eigenvalue weighted by Crippen LogP contribution is -2.52. The molecule has 3 unspecified atom stereocenters. The molecular formula is C11H21NO2. The quantitative estimate of drug-likeness (QED) is 0.690. The first kappa shape index (κ1) is 10.4. The molecule has 2 saturated heterocycles. The van der Waals surface area contributed by atoms with Gasteiger partial charge in [-0.15, -0.1) is 0 Å². The van der Waals surface area contributed by atoms with Crippen molar-refractivity contribution in [1.29, 1.82) is 0 Å². The maximum absolute atomic E-state index is 9.32. The molecular weight excluding hydrogens is 178 g/mol. The van der Waals surface area contributed by atoms with Gasteiger partial charge in [0, 0.05) is 18.8 Å². The first-order chi connectivity index (χ1) is 6.73. The Morgan fingerprint density at radius 3 is 2.93 bits per heavy atom. The molecule has 0 aromatic rings. The summed E-state index contributed by atoms with van der Waals surface area (Å²) in [5.41, 5.74) is -0.0501. The molecule has 2 aliphatic rings. The second kappa shape index (κ2) is 4.17. The topological polar surface area (TPSA) is 41.5 Å². The average Bonchev–Trinajstić information content (AvgIpc) is 2.71. The van der Waals surface area contributed by atoms with Gasteiger partial charge < -0.3 is 15.2 Å². The summed E-state index contributed by atoms with van der Waals surface area (Å²) >= 11 is 0. The maximum Gasteiger partial charge on any atom is 0.0610 e. The van der Waals surface area contributed by atoms with Gasteiger partial charge in [-0.1, -0.05) is 0 Å². The summed E-state index contributed by atoms with van der Waals surface area (Å²) in [7, 11) is 0. The van der Waals surface area contributed by atoms with Crippen LogP contribution in [-0.2, 0) is 4.74 Å². The molecule has 3 heteroatoms. The van der Waals surface area contributed by atoms with Crippen molar-refractivity contribution in [3.8, 4) is 0 Å². The summed E-state index contributed by atoms with van der Waals surface area (Å²) in [4.78, 5) is 0. The van der Waals surface area contributed by atoms with Crippen molar-refractivity contribution in [2.45, 2.75) is 31.7 Å². The third kappa shape index (κ3) is 2.10. The summed E-state index contributed by atoms with van der Waals surface area (Å²) in [6, 6.07) is 0. The molecule has 3 nitrogen and oxygen atoms in total. The van der Waals surface area contributed by atoms with Gasteiger partial charge in [-0.2, -0.15) is 0 Å². The standard InChI is InChI=1S/C11H21NO2/c1-11(8-13)6-9(2-4-12-11)10-3-5-14-7-10/h9-10,12-13H,2-8H2,1H3. The van der Waals surface area contributed by atoms with E-state index in [-0.39, 0.29) is 12.1 Å². The predicted octanol–water partition coefficient (Wildman–Crippen LogP) is 0.773. The molecule has 0 spiro atoms. The third-order valence-electron chi connectivity index (χ3n) is 3.76. The van der Waals surface area contributed by atoms with Gasteiger partial charge in [0.1, 0.15) is 0 Å². The van der Waals surface area contributed by atoms with E-state index < -0.39 is 0 Å². The summed E-state index contributed by atoms with van der Waals surface area (Å²) in [5, 5.41) is 12.7. The fourth-order valence-electron chi connectivity index (χ4n) is 2.76. The second-order valence-electron chi connectivity index (χ2n) is 5.02. The van der Waals surface area contributed by atoms with E-state index in [0.29, 0.717) is 0 Å². The third-order valence-corrected chi connectivity index (χ3v) is 3.76. The Hall–Kier alpha value is -0.120. The molecule has 0 saturated carbocycles. The molecule has 0 radical (unpaired) electrons. The minimum atomic E-state index is -0.0501. The lowest BCUT2D eigenvalue weighted by molar-refractivity contribution is 0.0896. The van der Waals surface area contributed by atoms with E-state index in [9.17, 15) is 5.11 Å². The highest BCUT2D eigenvalue weighted by Crippen LogP contribution is 2.33. The van der Waals surface area contributed by atoms with Crippen LogP contribution in [0, 0.1) is 11.8 Å². The van der Waals surface area contributed by atoms with Crippen LogP contribution in [0.15, 0.2) is 0 Å². The molecule has 2 rings (SSSR count). The van der Waals surface area contributed by atoms with Gasteiger partial charge in [-0.05, 0) is 44.6 Å². The van der Waals surface area contributed by atoms with Gasteiger partial charge in [-0.3, -0.25) is 0 Å². The first-order valence-corrected chi connectivity index (χ1v) is 5.67. The number of aliphatic hydroxyl groups excluding tert-OH is 1. The van der Waals surface area contributed by atoms with Crippen LogP contribution in [-0.4, -0.2) is 37.0 Å². The van der Waals surface area contributed by atoms with Crippen molar-refractivity contribution in [3.63, 3.8) is 0 Å². The van der Waals surface area contributed by atoms with E-state index in [1.807, 2.05) is 0 Å². The van der Waals surface area contributed by atoms with Crippen molar-refractivity contribution in [2.24, 2.45) is 11.8 Å². The summed E-state index contributed by atoms with van der Waals surface area (Å²) in [6.07, 6.45) is 3.55. The number of piperidine rings is 1. The predicted molar refractivity (Wildman–Crippen MR) is 55.1 cm³/mol. The van der Waals surface area contributed by atoms with E-state index in [4.69, 9.17) is 4.74 Å². The Morgan fingerprint density at radius 1 is 1.43 bits per heavy atom. The maximum atomic E-state index is 9.32. The Labute approximate surface area is 85.8 Å². The molecule has 2 aliphatic heterocycles. The van der Waals surface area contributed by atoms with Gasteiger partial charge in [-0.25, -0.2) is 0 Å². The van der Waals surface area contributed by atoms with Crippen molar-refractivity contribution in [3.05, 3.63) is 0 Å². The van der Waals surface area contributed by atoms with E-state index in [1.165, 1.54) is 12.8 Å². The number of nitrogens with one attached hydrogen (secondary N) is 1. The molecule has 14 heavy (non-hydrogen) atoms. The van der Waals surface area contributed by atoms with Crippen LogP contribution < -0.4 is 5.32 Å². The van der Waals surface area contributed by atoms with Gasteiger partial charge in [0.05, 0.1) is 6.61 Å². The monoisotopic (exact) mass is 199 g/mol. The van der Waals surface area contributed by atoms with Crippen molar-refractivity contribution in [2.75, 3.05) is 26.4 Å². The zero-order chi connectivity index (χ0) is 10.0. The SMILES string of the molecule is CC1(CO)CC(C2CCOC2)CCN1. The molecule has 2 heterocycles. The number of ether oxygens (including phenoxy) is 1. The largest absolute Gasteiger partial charge is 0.394 e. The van der Waals surface area contributed by atoms with Crippen molar-refractivity contribution < 1.29 is 9.84 Å². The van der Waals surface area contributed by atoms with E-state index in [0.717, 1.165) is 38.0 Å². The summed E-state index contributed by atoms with van der Waals surface area (Å²) in [6.45, 7) is 5.28. The number of hydrogen-bond acceptors (Lipinski definition) is 3. The minimum Gasteiger partial charge on any atom is -0.394 e. The Bertz CT molecular complexity index is 192. The van der Waals surface area contributed by atoms with Crippen LogP contribution >= 0.6 is 0 Å². The molecule has 0 bridgehead atoms. The highest BCUT2D eigenvalue weighted by atomic mass is 16.5. The lowest BCUT2D eigenvalue weighted by Gasteiger charge is -2.40. The smallest absolute Gasteiger partial charge is 0.0610 e. The van der Waals surface area contributed by atoms with Gasteiger partial charge in [0.25, 0.3) is 0 Å². The van der Waals surface area contributed by atoms with Crippen molar-refractivity contribution in [1.82, 2.24) is 5.32 Å². The number of rotatable bonds is 2. The van der Waals surface area contributed by atoms with E-state index >= 15 is 0 Å². The van der Waals surface area contributed by atoms with Crippen molar-refractivity contribution >= 4 is 0 Å². The molecule has 2 fully saturated rings. The zero-order valence-electron chi connectivity index (χ0n) is 8.96. The van der Waals surface area contributed by atoms with Crippen LogP contribution in [0.2, 0.25) is 0 Å². The molecule has 0 aromatic heterocycles. The van der Waals surface area contributed by atoms with Gasteiger partial charge in [0.15, 0.2) is 0 Å². The first-order valence-electron chi connectivity index (χ1n) is 5.67. The number of aliphatic hydroxyl groups is 1. The van der Waals surface area contributed by atoms with Crippen LogP contribution in [0.25, 0.3) is 0 Å². The summed E-state index contributed by atoms with van der Waals surface area (Å²) < 4.78 is 5.43. The molecule has 2 N–H and O–H groups in total. The normalized spacial score (nSPS) is 44.1. The highest BCUT2D eigenvalue weighted by Gasteiger charge is 2.36. The van der Waals surface area contributed by atoms with Crippen LogP contribution in [0.5, 0.6) is 0 Å². The fourth-order valence-corrected chi connectivity index (χ4v) is 2.76. The Kier molecular flexibility index (Phi) is 3.10. The summed E-state index contributed by atoms with van der Waals surface area (Å²) in [5.74, 6) is 1.49. The lowest BCUT2D eigenvalue weighted by atomic mass is 9.76. The zero-order valence-corrected chi connectivity index (χ0v) is 8.96. The van der Waals surface area contributed by atoms with Crippen LogP contribution in [0.1, 0.15) is 26.2 Å². The molecule has 0 aromatic carbocycles. The fraction of sp³-hybridized carbons (Fsp3) is 1.00. The molecule has 0 aliphatic carbocycles. The van der Waals surface area contributed by atoms with Crippen LogP contribution in [0.3, 0.4) is 0 Å². The second-order valence-corrected chi connectivity index (χ2v) is 5.02. The minimum absolute atomic E-state index is 0.0501. The Morgan fingerprint density at radius 2 is 2.29 bits per heavy atom. The Balaban J connectivity index is 1.93. The van der Waals surface area contributed by atoms with E-state index in [1.54, 1.807) is 0 Å².